The highest BCUT2D eigenvalue weighted by atomic mass is 31.2. The highest BCUT2D eigenvalue weighted by Crippen LogP contribution is 2.39. The van der Waals surface area contributed by atoms with E-state index in [4.69, 9.17) is 19.2 Å². The van der Waals surface area contributed by atoms with Gasteiger partial charge in [0.15, 0.2) is 0 Å². The Morgan fingerprint density at radius 1 is 0.923 bits per heavy atom. The number of nitrogens with zero attached hydrogens (tertiary/aromatic N) is 1. The second kappa shape index (κ2) is 10.8. The third kappa shape index (κ3) is 15.8. The Morgan fingerprint density at radius 2 is 1.23 bits per heavy atom. The van der Waals surface area contributed by atoms with E-state index in [1.165, 1.54) is 4.90 Å². The van der Waals surface area contributed by atoms with Crippen LogP contribution in [-0.4, -0.2) is 63.1 Å². The molecule has 0 spiro atoms. The molecule has 0 bridgehead atoms. The van der Waals surface area contributed by atoms with E-state index in [1.807, 2.05) is 0 Å². The molecule has 26 heavy (non-hydrogen) atoms. The van der Waals surface area contributed by atoms with Crippen LogP contribution in [0.15, 0.2) is 0 Å². The lowest BCUT2D eigenvalue weighted by atomic mass is 9.87. The van der Waals surface area contributed by atoms with Gasteiger partial charge in [-0.1, -0.05) is 27.7 Å². The number of hydrogen-bond acceptors (Lipinski definition) is 3. The second-order valence-electron chi connectivity index (χ2n) is 6.03. The maximum absolute atomic E-state index is 12.9. The van der Waals surface area contributed by atoms with Crippen molar-refractivity contribution in [2.45, 2.75) is 64.5 Å². The molecular weight excluding hydrogens is 393 g/mol. The SMILES string of the molecule is CCN(CC)C(CNC(C)C)(CC(F)(F)F)CC(F)(F)F.O=P(O)(O)O. The molecule has 0 heterocycles. The third-order valence-electron chi connectivity index (χ3n) is 3.33. The van der Waals surface area contributed by atoms with E-state index in [0.29, 0.717) is 0 Å². The minimum absolute atomic E-state index is 0.127. The van der Waals surface area contributed by atoms with Crippen LogP contribution in [0, 0.1) is 0 Å². The first-order valence-corrected chi connectivity index (χ1v) is 9.32. The summed E-state index contributed by atoms with van der Waals surface area (Å²) in [5, 5.41) is 2.74. The zero-order valence-electron chi connectivity index (χ0n) is 15.0. The lowest BCUT2D eigenvalue weighted by Gasteiger charge is -2.44. The topological polar surface area (TPSA) is 93.0 Å². The largest absolute Gasteiger partial charge is 0.466 e. The molecule has 0 amide bonds. The summed E-state index contributed by atoms with van der Waals surface area (Å²) >= 11 is 0. The van der Waals surface area contributed by atoms with E-state index >= 15 is 0 Å². The Bertz CT molecular complexity index is 411. The Morgan fingerprint density at radius 3 is 1.42 bits per heavy atom. The fourth-order valence-corrected chi connectivity index (χ4v) is 2.56. The quantitative estimate of drug-likeness (QED) is 0.356. The van der Waals surface area contributed by atoms with E-state index in [9.17, 15) is 26.3 Å². The highest BCUT2D eigenvalue weighted by molar-refractivity contribution is 7.45. The smallest absolute Gasteiger partial charge is 0.313 e. The third-order valence-corrected chi connectivity index (χ3v) is 3.33. The normalized spacial score (nSPS) is 13.8. The van der Waals surface area contributed by atoms with Gasteiger partial charge < -0.3 is 20.0 Å². The molecule has 13 heteroatoms. The van der Waals surface area contributed by atoms with Crippen molar-refractivity contribution in [1.82, 2.24) is 10.2 Å². The molecule has 4 N–H and O–H groups in total. The molecule has 0 aliphatic heterocycles. The maximum Gasteiger partial charge on any atom is 0.466 e. The molecule has 0 saturated carbocycles. The van der Waals surface area contributed by atoms with Gasteiger partial charge >= 0.3 is 20.2 Å². The van der Waals surface area contributed by atoms with Crippen LogP contribution in [0.5, 0.6) is 0 Å². The molecule has 0 rings (SSSR count). The number of likely N-dealkylation sites (N-methyl/N-ethyl adjacent to an activating group) is 1. The van der Waals surface area contributed by atoms with Gasteiger partial charge in [0.2, 0.25) is 0 Å². The predicted molar refractivity (Wildman–Crippen MR) is 84.4 cm³/mol. The molecule has 0 unspecified atom stereocenters. The minimum atomic E-state index is -4.66. The molecule has 0 aliphatic carbocycles. The molecule has 0 aromatic carbocycles. The second-order valence-corrected chi connectivity index (χ2v) is 7.06. The van der Waals surface area contributed by atoms with Crippen molar-refractivity contribution in [2.75, 3.05) is 19.6 Å². The average molecular weight is 420 g/mol. The zero-order valence-corrected chi connectivity index (χ0v) is 15.9. The molecule has 0 aliphatic rings. The minimum Gasteiger partial charge on any atom is -0.313 e. The first-order valence-electron chi connectivity index (χ1n) is 7.75. The number of alkyl halides is 6. The van der Waals surface area contributed by atoms with Crippen LogP contribution in [0.3, 0.4) is 0 Å². The predicted octanol–water partition coefficient (Wildman–Crippen LogP) is 3.04. The van der Waals surface area contributed by atoms with Crippen LogP contribution in [0.2, 0.25) is 0 Å². The van der Waals surface area contributed by atoms with E-state index in [0.717, 1.165) is 0 Å². The van der Waals surface area contributed by atoms with Gasteiger partial charge in [-0.05, 0) is 13.1 Å². The summed E-state index contributed by atoms with van der Waals surface area (Å²) in [6, 6.07) is -0.193. The van der Waals surface area contributed by atoms with Gasteiger partial charge in [-0.3, -0.25) is 4.90 Å². The highest BCUT2D eigenvalue weighted by Gasteiger charge is 2.51. The Kier molecular flexibility index (Phi) is 11.6. The van der Waals surface area contributed by atoms with Gasteiger partial charge in [0.05, 0.1) is 18.4 Å². The summed E-state index contributed by atoms with van der Waals surface area (Å²) in [5.74, 6) is 0. The summed E-state index contributed by atoms with van der Waals surface area (Å²) in [4.78, 5) is 22.8. The number of phosphoric acid groups is 1. The van der Waals surface area contributed by atoms with Crippen molar-refractivity contribution in [1.29, 1.82) is 0 Å². The standard InChI is InChI=1S/C13H24F6N2.H3O4P/c1-5-21(6-2)11(7-12(14,15)16,8-13(17,18)19)9-20-10(3)4;1-5(2,3)4/h10,20H,5-9H2,1-4H3;(H3,1,2,3,4). The number of halogens is 6. The maximum atomic E-state index is 12.9. The van der Waals surface area contributed by atoms with Crippen LogP contribution in [0.1, 0.15) is 40.5 Å². The molecule has 0 atom stereocenters. The van der Waals surface area contributed by atoms with E-state index in [2.05, 4.69) is 5.32 Å². The lowest BCUT2D eigenvalue weighted by molar-refractivity contribution is -0.200. The molecule has 6 nitrogen and oxygen atoms in total. The Hall–Kier alpha value is -0.390. The van der Waals surface area contributed by atoms with Gasteiger partial charge in [-0.15, -0.1) is 0 Å². The fourth-order valence-electron chi connectivity index (χ4n) is 2.56. The molecule has 0 aromatic rings. The van der Waals surface area contributed by atoms with Gasteiger partial charge in [0.1, 0.15) is 0 Å². The number of hydrogen-bond donors (Lipinski definition) is 4. The molecule has 0 saturated heterocycles. The van der Waals surface area contributed by atoms with Crippen molar-refractivity contribution < 1.29 is 45.6 Å². The van der Waals surface area contributed by atoms with Crippen LogP contribution in [0.25, 0.3) is 0 Å². The Labute approximate surface area is 148 Å². The molecule has 0 aromatic heterocycles. The van der Waals surface area contributed by atoms with E-state index < -0.39 is 38.6 Å². The van der Waals surface area contributed by atoms with Crippen LogP contribution in [-0.2, 0) is 4.57 Å². The summed E-state index contributed by atoms with van der Waals surface area (Å²) in [6.07, 6.45) is -12.3. The van der Waals surface area contributed by atoms with Crippen molar-refractivity contribution in [3.05, 3.63) is 0 Å². The van der Waals surface area contributed by atoms with Gasteiger partial charge in [0, 0.05) is 12.6 Å². The fraction of sp³-hybridized carbons (Fsp3) is 1.00. The average Bonchev–Trinajstić information content (AvgIpc) is 2.31. The molecule has 0 radical (unpaired) electrons. The molecule has 0 fully saturated rings. The van der Waals surface area contributed by atoms with Gasteiger partial charge in [-0.2, -0.15) is 26.3 Å². The van der Waals surface area contributed by atoms with Crippen molar-refractivity contribution in [3.8, 4) is 0 Å². The van der Waals surface area contributed by atoms with E-state index in [-0.39, 0.29) is 25.7 Å². The van der Waals surface area contributed by atoms with Crippen LogP contribution in [0.4, 0.5) is 26.3 Å². The van der Waals surface area contributed by atoms with Crippen molar-refractivity contribution >= 4 is 7.82 Å². The monoisotopic (exact) mass is 420 g/mol. The zero-order chi connectivity index (χ0) is 21.4. The Balaban J connectivity index is 0. The lowest BCUT2D eigenvalue weighted by Crippen LogP contribution is -2.59. The first kappa shape index (κ1) is 27.8. The molecule has 160 valence electrons. The van der Waals surface area contributed by atoms with Gasteiger partial charge in [-0.25, -0.2) is 4.57 Å². The summed E-state index contributed by atoms with van der Waals surface area (Å²) in [6.45, 7) is 6.42. The van der Waals surface area contributed by atoms with Crippen molar-refractivity contribution in [2.24, 2.45) is 0 Å². The van der Waals surface area contributed by atoms with Gasteiger partial charge in [0.25, 0.3) is 0 Å². The first-order chi connectivity index (χ1) is 11.4. The molecular formula is C13H27F6N2O4P. The number of nitrogens with one attached hydrogen (secondary N) is 1. The van der Waals surface area contributed by atoms with E-state index in [1.54, 1.807) is 27.7 Å². The summed E-state index contributed by atoms with van der Waals surface area (Å²) in [7, 11) is -4.64. The van der Waals surface area contributed by atoms with Crippen LogP contribution < -0.4 is 5.32 Å². The number of rotatable bonds is 8. The summed E-state index contributed by atoms with van der Waals surface area (Å²) in [5.41, 5.74) is -2.01. The summed E-state index contributed by atoms with van der Waals surface area (Å²) < 4.78 is 86.1. The van der Waals surface area contributed by atoms with Crippen molar-refractivity contribution in [3.63, 3.8) is 0 Å². The van der Waals surface area contributed by atoms with Crippen LogP contribution >= 0.6 is 7.82 Å².